The predicted octanol–water partition coefficient (Wildman–Crippen LogP) is 3.06. The number of pyridine rings is 1. The van der Waals surface area contributed by atoms with Gasteiger partial charge in [-0.1, -0.05) is 6.07 Å². The van der Waals surface area contributed by atoms with E-state index in [0.717, 1.165) is 22.9 Å². The number of nitrogens with two attached hydrogens (primary N) is 1. The molecule has 0 amide bonds. The number of aromatic nitrogens is 1. The third-order valence-corrected chi connectivity index (χ3v) is 6.43. The van der Waals surface area contributed by atoms with Crippen molar-refractivity contribution < 1.29 is 22.6 Å². The molecule has 186 valence electrons. The lowest BCUT2D eigenvalue weighted by atomic mass is 9.87. The number of rotatable bonds is 2. The Kier molecular flexibility index (Phi) is 5.74. The van der Waals surface area contributed by atoms with Gasteiger partial charge in [0, 0.05) is 51.1 Å². The Morgan fingerprint density at radius 1 is 1.09 bits per heavy atom. The van der Waals surface area contributed by atoms with Gasteiger partial charge in [0.05, 0.1) is 5.56 Å². The van der Waals surface area contributed by atoms with Gasteiger partial charge in [0.25, 0.3) is 0 Å². The second-order valence-electron chi connectivity index (χ2n) is 8.90. The molecular weight excluding hydrogens is 461 g/mol. The van der Waals surface area contributed by atoms with E-state index in [-0.39, 0.29) is 5.82 Å². The molecule has 35 heavy (non-hydrogen) atoms. The zero-order valence-electron chi connectivity index (χ0n) is 19.5. The molecule has 0 radical (unpaired) electrons. The van der Waals surface area contributed by atoms with E-state index in [1.165, 1.54) is 12.3 Å². The number of alkyl halides is 3. The highest BCUT2D eigenvalue weighted by Crippen LogP contribution is 2.42. The minimum atomic E-state index is -4.49. The van der Waals surface area contributed by atoms with Crippen LogP contribution in [0.3, 0.4) is 0 Å². The van der Waals surface area contributed by atoms with Crippen LogP contribution in [0.15, 0.2) is 52.8 Å². The van der Waals surface area contributed by atoms with E-state index in [9.17, 15) is 13.2 Å². The van der Waals surface area contributed by atoms with Crippen molar-refractivity contribution in [3.63, 3.8) is 0 Å². The van der Waals surface area contributed by atoms with Crippen LogP contribution in [0.1, 0.15) is 24.0 Å². The van der Waals surface area contributed by atoms with Gasteiger partial charge in [-0.3, -0.25) is 5.73 Å². The second kappa shape index (κ2) is 8.63. The van der Waals surface area contributed by atoms with E-state index in [4.69, 9.17) is 20.2 Å². The molecule has 3 aliphatic rings. The normalized spacial score (nSPS) is 22.1. The number of hydrogen-bond donors (Lipinski definition) is 2. The van der Waals surface area contributed by atoms with Crippen LogP contribution >= 0.6 is 0 Å². The summed E-state index contributed by atoms with van der Waals surface area (Å²) < 4.78 is 52.4. The van der Waals surface area contributed by atoms with E-state index >= 15 is 0 Å². The maximum atomic E-state index is 13.7. The van der Waals surface area contributed by atoms with Gasteiger partial charge in [0.15, 0.2) is 23.1 Å². The van der Waals surface area contributed by atoms with Gasteiger partial charge in [-0.05, 0) is 36.3 Å². The lowest BCUT2D eigenvalue weighted by Gasteiger charge is -2.37. The van der Waals surface area contributed by atoms with Crippen molar-refractivity contribution in [1.82, 2.24) is 15.2 Å². The van der Waals surface area contributed by atoms with Crippen molar-refractivity contribution in [2.24, 2.45) is 10.7 Å². The van der Waals surface area contributed by atoms with Gasteiger partial charge in [-0.25, -0.2) is 9.98 Å². The molecule has 8 nitrogen and oxygen atoms in total. The molecule has 1 aromatic heterocycles. The molecule has 0 spiro atoms. The van der Waals surface area contributed by atoms with Crippen LogP contribution in [0.25, 0.3) is 0 Å². The number of anilines is 1. The summed E-state index contributed by atoms with van der Waals surface area (Å²) >= 11 is 0. The average Bonchev–Trinajstić information content (AvgIpc) is 3.06. The SMILES string of the molecule is CN(C)C1=NC(N)(c2ccc3c(c2)OCCO3)C2=C(CCN(c3ncccc3C(F)(F)F)CC2)N1. The van der Waals surface area contributed by atoms with Crippen LogP contribution in [-0.2, 0) is 11.8 Å². The van der Waals surface area contributed by atoms with Crippen molar-refractivity contribution >= 4 is 11.8 Å². The fraction of sp³-hybridized carbons (Fsp3) is 0.417. The smallest absolute Gasteiger partial charge is 0.419 e. The summed E-state index contributed by atoms with van der Waals surface area (Å²) in [5.74, 6) is 1.74. The van der Waals surface area contributed by atoms with Gasteiger partial charge < -0.3 is 24.6 Å². The molecule has 1 unspecified atom stereocenters. The Hall–Kier alpha value is -3.47. The van der Waals surface area contributed by atoms with Crippen LogP contribution in [0.5, 0.6) is 11.5 Å². The van der Waals surface area contributed by atoms with Crippen molar-refractivity contribution in [2.75, 3.05) is 45.3 Å². The van der Waals surface area contributed by atoms with Gasteiger partial charge in [-0.2, -0.15) is 13.2 Å². The molecule has 0 fully saturated rings. The Labute approximate surface area is 201 Å². The largest absolute Gasteiger partial charge is 0.486 e. The minimum absolute atomic E-state index is 0.0736. The first-order valence-electron chi connectivity index (χ1n) is 11.4. The summed E-state index contributed by atoms with van der Waals surface area (Å²) in [4.78, 5) is 12.4. The van der Waals surface area contributed by atoms with Crippen LogP contribution in [0, 0.1) is 0 Å². The summed E-state index contributed by atoms with van der Waals surface area (Å²) in [5, 5.41) is 3.35. The molecule has 3 aliphatic heterocycles. The molecule has 11 heteroatoms. The van der Waals surface area contributed by atoms with Crippen LogP contribution in [-0.4, -0.2) is 56.2 Å². The number of fused-ring (bicyclic) bond motifs is 1. The highest BCUT2D eigenvalue weighted by molar-refractivity contribution is 5.84. The van der Waals surface area contributed by atoms with Gasteiger partial charge in [0.2, 0.25) is 0 Å². The highest BCUT2D eigenvalue weighted by atomic mass is 19.4. The maximum Gasteiger partial charge on any atom is 0.419 e. The van der Waals surface area contributed by atoms with Gasteiger partial charge >= 0.3 is 6.18 Å². The monoisotopic (exact) mass is 488 g/mol. The fourth-order valence-corrected chi connectivity index (χ4v) is 4.68. The lowest BCUT2D eigenvalue weighted by Crippen LogP contribution is -2.49. The van der Waals surface area contributed by atoms with Crippen molar-refractivity contribution in [1.29, 1.82) is 0 Å². The molecule has 1 aromatic carbocycles. The third kappa shape index (κ3) is 4.24. The number of hydrogen-bond acceptors (Lipinski definition) is 8. The number of nitrogens with one attached hydrogen (secondary N) is 1. The fourth-order valence-electron chi connectivity index (χ4n) is 4.68. The van der Waals surface area contributed by atoms with Crippen LogP contribution in [0.2, 0.25) is 0 Å². The molecule has 4 heterocycles. The molecule has 1 atom stereocenters. The zero-order valence-corrected chi connectivity index (χ0v) is 19.5. The predicted molar refractivity (Wildman–Crippen MR) is 125 cm³/mol. The number of guanidine groups is 1. The average molecular weight is 489 g/mol. The zero-order chi connectivity index (χ0) is 24.8. The van der Waals surface area contributed by atoms with E-state index in [1.54, 1.807) is 4.90 Å². The molecule has 5 rings (SSSR count). The standard InChI is InChI=1S/C24H27F3N6O2/c1-32(2)22-30-18-8-11-33(21-17(24(25,26)27)4-3-9-29-21)10-7-16(18)23(28,31-22)15-5-6-19-20(14-15)35-13-12-34-19/h3-6,9,14H,7-8,10-13,28H2,1-2H3,(H,30,31). The summed E-state index contributed by atoms with van der Waals surface area (Å²) in [7, 11) is 3.71. The molecule has 0 saturated heterocycles. The number of ether oxygens (including phenoxy) is 2. The minimum Gasteiger partial charge on any atom is -0.486 e. The van der Waals surface area contributed by atoms with E-state index in [2.05, 4.69) is 10.3 Å². The van der Waals surface area contributed by atoms with E-state index in [0.29, 0.717) is 56.6 Å². The molecule has 0 saturated carbocycles. The Morgan fingerprint density at radius 2 is 1.83 bits per heavy atom. The summed E-state index contributed by atoms with van der Waals surface area (Å²) in [6.07, 6.45) is -2.24. The summed E-state index contributed by atoms with van der Waals surface area (Å²) in [5.41, 5.74) is 7.46. The molecular formula is C24H27F3N6O2. The second-order valence-corrected chi connectivity index (χ2v) is 8.90. The van der Waals surface area contributed by atoms with E-state index in [1.807, 2.05) is 37.2 Å². The van der Waals surface area contributed by atoms with Gasteiger partial charge in [0.1, 0.15) is 19.0 Å². The van der Waals surface area contributed by atoms with Crippen molar-refractivity contribution in [3.8, 4) is 11.5 Å². The first-order valence-corrected chi connectivity index (χ1v) is 11.4. The van der Waals surface area contributed by atoms with E-state index < -0.39 is 17.4 Å². The number of aliphatic imine (C=N–C) groups is 1. The number of benzene rings is 1. The Bertz CT molecular complexity index is 1200. The highest BCUT2D eigenvalue weighted by Gasteiger charge is 2.41. The van der Waals surface area contributed by atoms with Crippen molar-refractivity contribution in [2.45, 2.75) is 24.7 Å². The van der Waals surface area contributed by atoms with Gasteiger partial charge in [-0.15, -0.1) is 0 Å². The molecule has 2 aromatic rings. The lowest BCUT2D eigenvalue weighted by molar-refractivity contribution is -0.137. The third-order valence-electron chi connectivity index (χ3n) is 6.43. The Balaban J connectivity index is 1.52. The van der Waals surface area contributed by atoms with Crippen LogP contribution in [0.4, 0.5) is 19.0 Å². The number of halogens is 3. The first-order chi connectivity index (χ1) is 16.7. The first kappa shape index (κ1) is 23.3. The maximum absolute atomic E-state index is 13.7. The Morgan fingerprint density at radius 3 is 2.57 bits per heavy atom. The number of nitrogens with zero attached hydrogens (tertiary/aromatic N) is 4. The summed E-state index contributed by atoms with van der Waals surface area (Å²) in [6, 6.07) is 7.89. The molecule has 3 N–H and O–H groups in total. The molecule has 0 aliphatic carbocycles. The summed E-state index contributed by atoms with van der Waals surface area (Å²) in [6.45, 7) is 1.59. The quantitative estimate of drug-likeness (QED) is 0.672. The molecule has 0 bridgehead atoms. The van der Waals surface area contributed by atoms with Crippen LogP contribution < -0.4 is 25.4 Å². The van der Waals surface area contributed by atoms with Crippen molar-refractivity contribution in [3.05, 3.63) is 58.9 Å². The topological polar surface area (TPSA) is 88.2 Å².